The molecule has 104 valence electrons. The van der Waals surface area contributed by atoms with Crippen LogP contribution in [0.3, 0.4) is 0 Å². The Hall–Kier alpha value is -0.120. The molecule has 0 unspecified atom stereocenters. The molecule has 1 heterocycles. The highest BCUT2D eigenvalue weighted by Gasteiger charge is 2.10. The second-order valence-electron chi connectivity index (χ2n) is 5.72. The summed E-state index contributed by atoms with van der Waals surface area (Å²) in [7, 11) is 0. The first-order valence-corrected chi connectivity index (χ1v) is 7.99. The van der Waals surface area contributed by atoms with Crippen molar-refractivity contribution in [3.05, 3.63) is 15.5 Å². The van der Waals surface area contributed by atoms with Gasteiger partial charge in [0, 0.05) is 17.6 Å². The van der Waals surface area contributed by atoms with E-state index in [1.54, 1.807) is 11.3 Å². The molecule has 0 aliphatic rings. The average Bonchev–Trinajstić information content (AvgIpc) is 2.67. The number of halogens is 1. The molecule has 0 bridgehead atoms. The van der Waals surface area contributed by atoms with E-state index < -0.39 is 0 Å². The van der Waals surface area contributed by atoms with Crippen molar-refractivity contribution < 1.29 is 0 Å². The maximum Gasteiger partial charge on any atom is 0.183 e. The van der Waals surface area contributed by atoms with Crippen LogP contribution in [0.4, 0.5) is 0 Å². The van der Waals surface area contributed by atoms with Gasteiger partial charge in [-0.2, -0.15) is 0 Å². The molecule has 0 saturated heterocycles. The van der Waals surface area contributed by atoms with Gasteiger partial charge in [0.15, 0.2) is 4.47 Å². The molecule has 0 N–H and O–H groups in total. The normalized spacial score (nSPS) is 12.0. The fraction of sp³-hybridized carbons (Fsp3) is 0.786. The van der Waals surface area contributed by atoms with Crippen LogP contribution in [0.5, 0.6) is 0 Å². The van der Waals surface area contributed by atoms with Crippen LogP contribution >= 0.6 is 22.9 Å². The minimum atomic E-state index is 0.651. The molecule has 0 saturated carbocycles. The van der Waals surface area contributed by atoms with Crippen molar-refractivity contribution >= 4 is 22.9 Å². The van der Waals surface area contributed by atoms with Crippen LogP contribution in [0, 0.1) is 11.8 Å². The van der Waals surface area contributed by atoms with Crippen LogP contribution in [0.25, 0.3) is 0 Å². The highest BCUT2D eigenvalue weighted by molar-refractivity contribution is 7.15. The smallest absolute Gasteiger partial charge is 0.183 e. The van der Waals surface area contributed by atoms with Crippen molar-refractivity contribution in [2.24, 2.45) is 11.8 Å². The molecule has 0 aliphatic heterocycles. The highest BCUT2D eigenvalue weighted by Crippen LogP contribution is 2.20. The molecule has 2 nitrogen and oxygen atoms in total. The van der Waals surface area contributed by atoms with E-state index in [2.05, 4.69) is 37.6 Å². The molecule has 18 heavy (non-hydrogen) atoms. The summed E-state index contributed by atoms with van der Waals surface area (Å²) in [6, 6.07) is 0. The number of rotatable bonds is 8. The Morgan fingerprint density at radius 1 is 1.17 bits per heavy atom. The molecule has 1 aromatic heterocycles. The molecule has 0 aliphatic carbocycles. The van der Waals surface area contributed by atoms with Crippen LogP contribution < -0.4 is 0 Å². The first-order valence-electron chi connectivity index (χ1n) is 6.80. The van der Waals surface area contributed by atoms with Crippen molar-refractivity contribution in [1.29, 1.82) is 0 Å². The van der Waals surface area contributed by atoms with Crippen LogP contribution in [-0.4, -0.2) is 23.0 Å². The summed E-state index contributed by atoms with van der Waals surface area (Å²) in [6.45, 7) is 12.5. The predicted molar refractivity (Wildman–Crippen MR) is 81.3 cm³/mol. The minimum absolute atomic E-state index is 0.651. The SMILES string of the molecule is CC(C)CCN(CCC(C)C)Cc1cnc(Cl)s1. The Bertz CT molecular complexity index is 324. The molecule has 1 aromatic rings. The Morgan fingerprint density at radius 2 is 1.72 bits per heavy atom. The molecule has 0 spiro atoms. The van der Waals surface area contributed by atoms with E-state index in [9.17, 15) is 0 Å². The molecule has 0 fully saturated rings. The Morgan fingerprint density at radius 3 is 2.11 bits per heavy atom. The quantitative estimate of drug-likeness (QED) is 0.690. The second kappa shape index (κ2) is 8.13. The van der Waals surface area contributed by atoms with Crippen molar-refractivity contribution in [2.75, 3.05) is 13.1 Å². The third kappa shape index (κ3) is 6.72. The summed E-state index contributed by atoms with van der Waals surface area (Å²) in [5, 5.41) is 0. The van der Waals surface area contributed by atoms with Gasteiger partial charge in [-0.15, -0.1) is 11.3 Å². The predicted octanol–water partition coefficient (Wildman–Crippen LogP) is 4.69. The standard InChI is InChI=1S/C14H25ClN2S/c1-11(2)5-7-17(8-6-12(3)4)10-13-9-16-14(15)18-13/h9,11-12H,5-8,10H2,1-4H3. The Balaban J connectivity index is 2.47. The van der Waals surface area contributed by atoms with Gasteiger partial charge in [-0.05, 0) is 37.8 Å². The first kappa shape index (κ1) is 15.9. The zero-order chi connectivity index (χ0) is 13.5. The summed E-state index contributed by atoms with van der Waals surface area (Å²) in [6.07, 6.45) is 4.42. The monoisotopic (exact) mass is 288 g/mol. The van der Waals surface area contributed by atoms with Gasteiger partial charge in [-0.3, -0.25) is 4.90 Å². The maximum atomic E-state index is 5.89. The Kier molecular flexibility index (Phi) is 7.20. The number of nitrogens with zero attached hydrogens (tertiary/aromatic N) is 2. The van der Waals surface area contributed by atoms with E-state index in [4.69, 9.17) is 11.6 Å². The summed E-state index contributed by atoms with van der Waals surface area (Å²) >= 11 is 7.49. The minimum Gasteiger partial charge on any atom is -0.298 e. The van der Waals surface area contributed by atoms with E-state index in [1.807, 2.05) is 6.20 Å². The van der Waals surface area contributed by atoms with Crippen molar-refractivity contribution in [3.8, 4) is 0 Å². The summed E-state index contributed by atoms with van der Waals surface area (Å²) in [5.74, 6) is 1.52. The molecule has 0 aromatic carbocycles. The lowest BCUT2D eigenvalue weighted by Gasteiger charge is -2.23. The van der Waals surface area contributed by atoms with Gasteiger partial charge in [0.1, 0.15) is 0 Å². The van der Waals surface area contributed by atoms with Gasteiger partial charge >= 0.3 is 0 Å². The van der Waals surface area contributed by atoms with E-state index in [1.165, 1.54) is 30.8 Å². The average molecular weight is 289 g/mol. The lowest BCUT2D eigenvalue weighted by atomic mass is 10.1. The summed E-state index contributed by atoms with van der Waals surface area (Å²) in [5.41, 5.74) is 0. The van der Waals surface area contributed by atoms with Crippen LogP contribution in [0.15, 0.2) is 6.20 Å². The first-order chi connectivity index (χ1) is 8.47. The van der Waals surface area contributed by atoms with Gasteiger partial charge in [-0.1, -0.05) is 39.3 Å². The second-order valence-corrected chi connectivity index (χ2v) is 7.42. The van der Waals surface area contributed by atoms with E-state index in [-0.39, 0.29) is 0 Å². The topological polar surface area (TPSA) is 16.1 Å². The largest absolute Gasteiger partial charge is 0.298 e. The molecular formula is C14H25ClN2S. The molecular weight excluding hydrogens is 264 g/mol. The maximum absolute atomic E-state index is 5.89. The molecule has 1 rings (SSSR count). The number of hydrogen-bond donors (Lipinski definition) is 0. The molecule has 4 heteroatoms. The van der Waals surface area contributed by atoms with Crippen LogP contribution in [0.2, 0.25) is 4.47 Å². The highest BCUT2D eigenvalue weighted by atomic mass is 35.5. The lowest BCUT2D eigenvalue weighted by molar-refractivity contribution is 0.237. The van der Waals surface area contributed by atoms with E-state index in [0.717, 1.165) is 18.4 Å². The van der Waals surface area contributed by atoms with Crippen molar-refractivity contribution in [3.63, 3.8) is 0 Å². The fourth-order valence-electron chi connectivity index (χ4n) is 1.73. The molecule has 0 amide bonds. The van der Waals surface area contributed by atoms with E-state index >= 15 is 0 Å². The fourth-order valence-corrected chi connectivity index (χ4v) is 2.75. The Labute approximate surface area is 120 Å². The third-order valence-corrected chi connectivity index (χ3v) is 4.05. The number of aromatic nitrogens is 1. The lowest BCUT2D eigenvalue weighted by Crippen LogP contribution is -2.27. The van der Waals surface area contributed by atoms with Gasteiger partial charge in [-0.25, -0.2) is 4.98 Å². The zero-order valence-electron chi connectivity index (χ0n) is 11.9. The van der Waals surface area contributed by atoms with Gasteiger partial charge in [0.25, 0.3) is 0 Å². The van der Waals surface area contributed by atoms with Gasteiger partial charge in [0.05, 0.1) is 0 Å². The van der Waals surface area contributed by atoms with Crippen LogP contribution in [-0.2, 0) is 6.54 Å². The third-order valence-electron chi connectivity index (χ3n) is 2.95. The molecule has 0 radical (unpaired) electrons. The van der Waals surface area contributed by atoms with Gasteiger partial charge < -0.3 is 0 Å². The van der Waals surface area contributed by atoms with Crippen LogP contribution in [0.1, 0.15) is 45.4 Å². The zero-order valence-corrected chi connectivity index (χ0v) is 13.5. The van der Waals surface area contributed by atoms with E-state index in [0.29, 0.717) is 4.47 Å². The van der Waals surface area contributed by atoms with Crippen molar-refractivity contribution in [2.45, 2.75) is 47.1 Å². The number of hydrogen-bond acceptors (Lipinski definition) is 3. The summed E-state index contributed by atoms with van der Waals surface area (Å²) < 4.78 is 0.651. The molecule has 0 atom stereocenters. The van der Waals surface area contributed by atoms with Gasteiger partial charge in [0.2, 0.25) is 0 Å². The number of thiazole rings is 1. The summed E-state index contributed by atoms with van der Waals surface area (Å²) in [4.78, 5) is 7.92. The van der Waals surface area contributed by atoms with Crippen molar-refractivity contribution in [1.82, 2.24) is 9.88 Å².